The van der Waals surface area contributed by atoms with Gasteiger partial charge in [-0.2, -0.15) is 5.10 Å². The molecule has 1 atom stereocenters. The predicted molar refractivity (Wildman–Crippen MR) is 81.1 cm³/mol. The fourth-order valence-corrected chi connectivity index (χ4v) is 2.58. The summed E-state index contributed by atoms with van der Waals surface area (Å²) in [6.07, 6.45) is 1.84. The van der Waals surface area contributed by atoms with Crippen LogP contribution in [0.2, 0.25) is 0 Å². The van der Waals surface area contributed by atoms with Crippen LogP contribution in [0.3, 0.4) is 0 Å². The normalized spacial score (nSPS) is 18.7. The molecular weight excluding hydrogens is 268 g/mol. The van der Waals surface area contributed by atoms with Crippen molar-refractivity contribution in [1.29, 1.82) is 0 Å². The first-order chi connectivity index (χ1) is 9.95. The maximum atomic E-state index is 11.9. The quantitative estimate of drug-likeness (QED) is 0.832. The molecule has 1 saturated heterocycles. The minimum absolute atomic E-state index is 0.231. The zero-order valence-electron chi connectivity index (χ0n) is 13.2. The van der Waals surface area contributed by atoms with E-state index in [1.165, 1.54) is 12.8 Å². The van der Waals surface area contributed by atoms with Crippen LogP contribution < -0.4 is 5.32 Å². The summed E-state index contributed by atoms with van der Waals surface area (Å²) in [5, 5.41) is 16.9. The van der Waals surface area contributed by atoms with Crippen LogP contribution in [0.15, 0.2) is 6.07 Å². The first-order valence-electron chi connectivity index (χ1n) is 7.65. The highest BCUT2D eigenvalue weighted by atomic mass is 16.3. The number of aliphatic hydroxyl groups excluding tert-OH is 1. The van der Waals surface area contributed by atoms with E-state index in [1.807, 2.05) is 6.92 Å². The van der Waals surface area contributed by atoms with Crippen LogP contribution in [-0.4, -0.2) is 58.0 Å². The van der Waals surface area contributed by atoms with Gasteiger partial charge in [-0.1, -0.05) is 6.92 Å². The number of piperidine rings is 1. The fourth-order valence-electron chi connectivity index (χ4n) is 2.58. The van der Waals surface area contributed by atoms with Gasteiger partial charge in [0.15, 0.2) is 0 Å². The van der Waals surface area contributed by atoms with Gasteiger partial charge >= 0.3 is 0 Å². The summed E-state index contributed by atoms with van der Waals surface area (Å²) in [6.45, 7) is 7.12. The van der Waals surface area contributed by atoms with E-state index in [4.69, 9.17) is 0 Å². The molecule has 0 spiro atoms. The molecule has 6 heteroatoms. The minimum atomic E-state index is -0.535. The minimum Gasteiger partial charge on any atom is -0.390 e. The van der Waals surface area contributed by atoms with Crippen molar-refractivity contribution in [2.24, 2.45) is 13.0 Å². The van der Waals surface area contributed by atoms with E-state index in [9.17, 15) is 9.90 Å². The lowest BCUT2D eigenvalue weighted by Crippen LogP contribution is -2.43. The van der Waals surface area contributed by atoms with Gasteiger partial charge in [-0.3, -0.25) is 9.48 Å². The molecule has 1 amide bonds. The molecule has 1 unspecified atom stereocenters. The number of amides is 1. The average Bonchev–Trinajstić information content (AvgIpc) is 2.79. The SMILES string of the molecule is Cc1cc(C(=O)NCC(O)CN2CCC(C)CC2)nn1C. The number of rotatable bonds is 5. The molecule has 0 saturated carbocycles. The molecule has 0 aliphatic carbocycles. The van der Waals surface area contributed by atoms with Gasteiger partial charge in [0.1, 0.15) is 5.69 Å². The van der Waals surface area contributed by atoms with Crippen molar-refractivity contribution < 1.29 is 9.90 Å². The summed E-state index contributed by atoms with van der Waals surface area (Å²) < 4.78 is 1.67. The molecule has 21 heavy (non-hydrogen) atoms. The summed E-state index contributed by atoms with van der Waals surface area (Å²) in [5.74, 6) is 0.551. The lowest BCUT2D eigenvalue weighted by atomic mass is 9.99. The summed E-state index contributed by atoms with van der Waals surface area (Å²) in [7, 11) is 1.80. The summed E-state index contributed by atoms with van der Waals surface area (Å²) >= 11 is 0. The third kappa shape index (κ3) is 4.54. The molecule has 1 aliphatic heterocycles. The summed E-state index contributed by atoms with van der Waals surface area (Å²) in [5.41, 5.74) is 1.33. The van der Waals surface area contributed by atoms with Gasteiger partial charge in [0.25, 0.3) is 5.91 Å². The second-order valence-corrected chi connectivity index (χ2v) is 6.14. The van der Waals surface area contributed by atoms with Gasteiger partial charge in [0.2, 0.25) is 0 Å². The Balaban J connectivity index is 1.73. The first kappa shape index (κ1) is 16.0. The number of aryl methyl sites for hydroxylation is 2. The molecule has 0 radical (unpaired) electrons. The highest BCUT2D eigenvalue weighted by molar-refractivity contribution is 5.92. The number of hydrogen-bond acceptors (Lipinski definition) is 4. The molecular formula is C15H26N4O2. The van der Waals surface area contributed by atoms with Gasteiger partial charge in [0, 0.05) is 25.8 Å². The molecule has 2 rings (SSSR count). The number of aliphatic hydroxyl groups is 1. The van der Waals surface area contributed by atoms with E-state index < -0.39 is 6.10 Å². The Labute approximate surface area is 126 Å². The standard InChI is InChI=1S/C15H26N4O2/c1-11-4-6-19(7-5-11)10-13(20)9-16-15(21)14-8-12(2)18(3)17-14/h8,11,13,20H,4-7,9-10H2,1-3H3,(H,16,21). The number of aromatic nitrogens is 2. The molecule has 0 bridgehead atoms. The van der Waals surface area contributed by atoms with Crippen LogP contribution >= 0.6 is 0 Å². The number of hydrogen-bond donors (Lipinski definition) is 2. The van der Waals surface area contributed by atoms with Crippen LogP contribution in [0.25, 0.3) is 0 Å². The van der Waals surface area contributed by atoms with E-state index in [-0.39, 0.29) is 12.5 Å². The Morgan fingerprint density at radius 3 is 2.76 bits per heavy atom. The topological polar surface area (TPSA) is 70.4 Å². The van der Waals surface area contributed by atoms with E-state index in [0.717, 1.165) is 24.7 Å². The highest BCUT2D eigenvalue weighted by Gasteiger charge is 2.19. The van der Waals surface area contributed by atoms with E-state index in [1.54, 1.807) is 17.8 Å². The molecule has 1 aromatic heterocycles. The monoisotopic (exact) mass is 294 g/mol. The number of likely N-dealkylation sites (tertiary alicyclic amines) is 1. The Morgan fingerprint density at radius 2 is 2.19 bits per heavy atom. The van der Waals surface area contributed by atoms with Gasteiger partial charge in [-0.05, 0) is 44.8 Å². The molecule has 1 aromatic rings. The van der Waals surface area contributed by atoms with Crippen molar-refractivity contribution >= 4 is 5.91 Å². The van der Waals surface area contributed by atoms with Gasteiger partial charge in [0.05, 0.1) is 6.10 Å². The van der Waals surface area contributed by atoms with Crippen molar-refractivity contribution in [3.63, 3.8) is 0 Å². The number of carbonyl (C=O) groups is 1. The van der Waals surface area contributed by atoms with Crippen molar-refractivity contribution in [2.75, 3.05) is 26.2 Å². The first-order valence-corrected chi connectivity index (χ1v) is 7.65. The van der Waals surface area contributed by atoms with Gasteiger partial charge < -0.3 is 15.3 Å². The molecule has 118 valence electrons. The molecule has 2 N–H and O–H groups in total. The van der Waals surface area contributed by atoms with E-state index >= 15 is 0 Å². The third-order valence-corrected chi connectivity index (χ3v) is 4.19. The van der Waals surface area contributed by atoms with Crippen LogP contribution in [-0.2, 0) is 7.05 Å². The second kappa shape index (κ2) is 7.04. The van der Waals surface area contributed by atoms with Gasteiger partial charge in [-0.25, -0.2) is 0 Å². The number of β-amino-alcohol motifs (C(OH)–C–C–N with tert-alkyl or cyclic N) is 1. The number of nitrogens with one attached hydrogen (secondary N) is 1. The largest absolute Gasteiger partial charge is 0.390 e. The van der Waals surface area contributed by atoms with Crippen LogP contribution in [0, 0.1) is 12.8 Å². The zero-order chi connectivity index (χ0) is 15.4. The van der Waals surface area contributed by atoms with Crippen molar-refractivity contribution in [1.82, 2.24) is 20.0 Å². The molecule has 1 aliphatic rings. The van der Waals surface area contributed by atoms with Crippen molar-refractivity contribution in [3.8, 4) is 0 Å². The Kier molecular flexibility index (Phi) is 5.36. The fraction of sp³-hybridized carbons (Fsp3) is 0.733. The predicted octanol–water partition coefficient (Wildman–Crippen LogP) is 0.551. The molecule has 6 nitrogen and oxygen atoms in total. The van der Waals surface area contributed by atoms with Gasteiger partial charge in [-0.15, -0.1) is 0 Å². The molecule has 2 heterocycles. The smallest absolute Gasteiger partial charge is 0.271 e. The third-order valence-electron chi connectivity index (χ3n) is 4.19. The Hall–Kier alpha value is -1.40. The van der Waals surface area contributed by atoms with Crippen LogP contribution in [0.4, 0.5) is 0 Å². The van der Waals surface area contributed by atoms with E-state index in [2.05, 4.69) is 22.2 Å². The number of nitrogens with zero attached hydrogens (tertiary/aromatic N) is 3. The summed E-state index contributed by atoms with van der Waals surface area (Å²) in [4.78, 5) is 14.2. The van der Waals surface area contributed by atoms with Crippen molar-refractivity contribution in [2.45, 2.75) is 32.8 Å². The number of carbonyl (C=O) groups excluding carboxylic acids is 1. The Bertz CT molecular complexity index is 459. The maximum absolute atomic E-state index is 11.9. The zero-order valence-corrected chi connectivity index (χ0v) is 13.2. The second-order valence-electron chi connectivity index (χ2n) is 6.14. The van der Waals surface area contributed by atoms with Crippen molar-refractivity contribution in [3.05, 3.63) is 17.5 Å². The summed E-state index contributed by atoms with van der Waals surface area (Å²) in [6, 6.07) is 1.74. The Morgan fingerprint density at radius 1 is 1.52 bits per heavy atom. The maximum Gasteiger partial charge on any atom is 0.271 e. The molecule has 1 fully saturated rings. The van der Waals surface area contributed by atoms with Crippen LogP contribution in [0.1, 0.15) is 35.9 Å². The lowest BCUT2D eigenvalue weighted by molar-refractivity contribution is 0.0792. The highest BCUT2D eigenvalue weighted by Crippen LogP contribution is 2.15. The molecule has 0 aromatic carbocycles. The average molecular weight is 294 g/mol. The lowest BCUT2D eigenvalue weighted by Gasteiger charge is -2.31. The van der Waals surface area contributed by atoms with Crippen LogP contribution in [0.5, 0.6) is 0 Å². The van der Waals surface area contributed by atoms with E-state index in [0.29, 0.717) is 12.2 Å².